The molecule has 0 radical (unpaired) electrons. The number of Topliss-reactive ketones (excluding diaryl/α,β-unsaturated/α-hetero) is 1. The summed E-state index contributed by atoms with van der Waals surface area (Å²) in [6.07, 6.45) is 1.62. The van der Waals surface area contributed by atoms with Crippen LogP contribution in [0.15, 0.2) is 66.9 Å². The fourth-order valence-electron chi connectivity index (χ4n) is 2.29. The van der Waals surface area contributed by atoms with Crippen LogP contribution in [0.5, 0.6) is 5.75 Å². The van der Waals surface area contributed by atoms with Gasteiger partial charge in [0.2, 0.25) is 5.78 Å². The van der Waals surface area contributed by atoms with Crippen LogP contribution >= 0.6 is 0 Å². The summed E-state index contributed by atoms with van der Waals surface area (Å²) >= 11 is 0. The van der Waals surface area contributed by atoms with Crippen molar-refractivity contribution in [3.63, 3.8) is 0 Å². The molecule has 0 saturated carbocycles. The zero-order chi connectivity index (χ0) is 18.4. The third-order valence-corrected chi connectivity index (χ3v) is 3.65. The average molecular weight is 353 g/mol. The van der Waals surface area contributed by atoms with Gasteiger partial charge in [-0.05, 0) is 42.0 Å². The number of nitrogens with one attached hydrogen (secondary N) is 1. The fraction of sp³-hybridized carbons (Fsp3) is 0.100. The number of ketones is 1. The summed E-state index contributed by atoms with van der Waals surface area (Å²) in [6.45, 7) is -0.197. The molecule has 0 saturated heterocycles. The summed E-state index contributed by atoms with van der Waals surface area (Å²) in [4.78, 5) is 26.9. The first-order chi connectivity index (χ1) is 12.6. The SMILES string of the molecule is O=C(COC(=O)c1ccccc1OCc1ccc(F)cc1)c1ccc[nH]1. The lowest BCUT2D eigenvalue weighted by atomic mass is 10.2. The van der Waals surface area contributed by atoms with Gasteiger partial charge in [0.25, 0.3) is 0 Å². The van der Waals surface area contributed by atoms with Crippen LogP contribution in [0, 0.1) is 5.82 Å². The van der Waals surface area contributed by atoms with Crippen molar-refractivity contribution in [3.8, 4) is 5.75 Å². The van der Waals surface area contributed by atoms with Crippen molar-refractivity contribution in [2.45, 2.75) is 6.61 Å². The molecule has 0 aliphatic carbocycles. The van der Waals surface area contributed by atoms with Gasteiger partial charge in [0, 0.05) is 6.20 Å². The third-order valence-electron chi connectivity index (χ3n) is 3.65. The first kappa shape index (κ1) is 17.4. The van der Waals surface area contributed by atoms with Gasteiger partial charge in [-0.3, -0.25) is 4.79 Å². The number of rotatable bonds is 7. The van der Waals surface area contributed by atoms with Crippen LogP contribution < -0.4 is 4.74 Å². The highest BCUT2D eigenvalue weighted by atomic mass is 19.1. The second kappa shape index (κ2) is 8.11. The Bertz CT molecular complexity index is 888. The number of halogens is 1. The molecule has 0 fully saturated rings. The lowest BCUT2D eigenvalue weighted by Gasteiger charge is -2.11. The molecule has 0 aliphatic heterocycles. The lowest BCUT2D eigenvalue weighted by Crippen LogP contribution is -2.15. The van der Waals surface area contributed by atoms with Crippen LogP contribution in [0.2, 0.25) is 0 Å². The van der Waals surface area contributed by atoms with E-state index in [1.807, 2.05) is 0 Å². The van der Waals surface area contributed by atoms with E-state index in [1.54, 1.807) is 54.7 Å². The Hall–Kier alpha value is -3.41. The highest BCUT2D eigenvalue weighted by Gasteiger charge is 2.16. The predicted octanol–water partition coefficient (Wildman–Crippen LogP) is 3.77. The number of benzene rings is 2. The van der Waals surface area contributed by atoms with Crippen molar-refractivity contribution in [3.05, 3.63) is 89.5 Å². The third kappa shape index (κ3) is 4.36. The number of aromatic nitrogens is 1. The van der Waals surface area contributed by atoms with E-state index in [0.29, 0.717) is 11.4 Å². The molecular weight excluding hydrogens is 337 g/mol. The first-order valence-electron chi connectivity index (χ1n) is 7.93. The number of para-hydroxylation sites is 1. The Kier molecular flexibility index (Phi) is 5.43. The second-order valence-electron chi connectivity index (χ2n) is 5.49. The number of H-pyrrole nitrogens is 1. The van der Waals surface area contributed by atoms with Gasteiger partial charge in [0.1, 0.15) is 23.7 Å². The van der Waals surface area contributed by atoms with E-state index >= 15 is 0 Å². The molecule has 0 amide bonds. The van der Waals surface area contributed by atoms with Crippen LogP contribution in [0.3, 0.4) is 0 Å². The molecular formula is C20H16FNO4. The highest BCUT2D eigenvalue weighted by molar-refractivity contribution is 5.98. The molecule has 0 atom stereocenters. The summed E-state index contributed by atoms with van der Waals surface area (Å²) in [5.74, 6) is -0.980. The molecule has 2 aromatic carbocycles. The van der Waals surface area contributed by atoms with E-state index in [4.69, 9.17) is 9.47 Å². The lowest BCUT2D eigenvalue weighted by molar-refractivity contribution is 0.0469. The van der Waals surface area contributed by atoms with Gasteiger partial charge < -0.3 is 14.5 Å². The molecule has 3 rings (SSSR count). The van der Waals surface area contributed by atoms with E-state index in [2.05, 4.69) is 4.98 Å². The summed E-state index contributed by atoms with van der Waals surface area (Å²) in [5, 5.41) is 0. The van der Waals surface area contributed by atoms with Crippen molar-refractivity contribution in [2.24, 2.45) is 0 Å². The van der Waals surface area contributed by atoms with Crippen LogP contribution in [0.4, 0.5) is 4.39 Å². The van der Waals surface area contributed by atoms with Crippen LogP contribution in [-0.2, 0) is 11.3 Å². The fourth-order valence-corrected chi connectivity index (χ4v) is 2.29. The van der Waals surface area contributed by atoms with E-state index in [0.717, 1.165) is 5.56 Å². The standard InChI is InChI=1S/C20H16FNO4/c21-15-9-7-14(8-10-15)12-25-19-6-2-1-4-16(19)20(24)26-13-18(23)17-5-3-11-22-17/h1-11,22H,12-13H2. The second-order valence-corrected chi connectivity index (χ2v) is 5.49. The molecule has 0 aliphatic rings. The minimum absolute atomic E-state index is 0.173. The maximum absolute atomic E-state index is 12.9. The Labute approximate surface area is 149 Å². The Morgan fingerprint density at radius 1 is 0.962 bits per heavy atom. The molecule has 26 heavy (non-hydrogen) atoms. The van der Waals surface area contributed by atoms with E-state index in [9.17, 15) is 14.0 Å². The molecule has 6 heteroatoms. The number of aromatic amines is 1. The summed E-state index contributed by atoms with van der Waals surface area (Å²) in [5.41, 5.74) is 1.35. The maximum atomic E-state index is 12.9. The van der Waals surface area contributed by atoms with Crippen molar-refractivity contribution in [1.29, 1.82) is 0 Å². The van der Waals surface area contributed by atoms with E-state index < -0.39 is 5.97 Å². The van der Waals surface area contributed by atoms with Gasteiger partial charge in [-0.15, -0.1) is 0 Å². The van der Waals surface area contributed by atoms with Crippen molar-refractivity contribution in [1.82, 2.24) is 4.98 Å². The van der Waals surface area contributed by atoms with Gasteiger partial charge in [0.05, 0.1) is 5.69 Å². The normalized spacial score (nSPS) is 10.3. The summed E-state index contributed by atoms with van der Waals surface area (Å²) < 4.78 is 23.7. The predicted molar refractivity (Wildman–Crippen MR) is 92.6 cm³/mol. The number of esters is 1. The molecule has 0 bridgehead atoms. The number of hydrogen-bond acceptors (Lipinski definition) is 4. The molecule has 1 N–H and O–H groups in total. The smallest absolute Gasteiger partial charge is 0.342 e. The molecule has 0 unspecified atom stereocenters. The van der Waals surface area contributed by atoms with Crippen LogP contribution in [0.1, 0.15) is 26.4 Å². The van der Waals surface area contributed by atoms with Gasteiger partial charge in [-0.2, -0.15) is 0 Å². The van der Waals surface area contributed by atoms with Crippen molar-refractivity contribution >= 4 is 11.8 Å². The minimum atomic E-state index is -0.653. The Morgan fingerprint density at radius 3 is 2.46 bits per heavy atom. The highest BCUT2D eigenvalue weighted by Crippen LogP contribution is 2.20. The largest absolute Gasteiger partial charge is 0.488 e. The molecule has 3 aromatic rings. The summed E-state index contributed by atoms with van der Waals surface area (Å²) in [6, 6.07) is 15.8. The molecule has 0 spiro atoms. The number of carbonyl (C=O) groups excluding carboxylic acids is 2. The number of carbonyl (C=O) groups is 2. The van der Waals surface area contributed by atoms with Gasteiger partial charge in [0.15, 0.2) is 6.61 Å². The topological polar surface area (TPSA) is 68.4 Å². The Morgan fingerprint density at radius 2 is 1.73 bits per heavy atom. The molecule has 5 nitrogen and oxygen atoms in total. The zero-order valence-corrected chi connectivity index (χ0v) is 13.8. The van der Waals surface area contributed by atoms with Gasteiger partial charge in [-0.25, -0.2) is 9.18 Å². The van der Waals surface area contributed by atoms with E-state index in [-0.39, 0.29) is 30.4 Å². The number of ether oxygens (including phenoxy) is 2. The quantitative estimate of drug-likeness (QED) is 0.519. The number of hydrogen-bond donors (Lipinski definition) is 1. The van der Waals surface area contributed by atoms with E-state index in [1.165, 1.54) is 12.1 Å². The van der Waals surface area contributed by atoms with Gasteiger partial charge in [-0.1, -0.05) is 24.3 Å². The first-order valence-corrected chi connectivity index (χ1v) is 7.93. The molecule has 1 heterocycles. The zero-order valence-electron chi connectivity index (χ0n) is 13.8. The summed E-state index contributed by atoms with van der Waals surface area (Å²) in [7, 11) is 0. The Balaban J connectivity index is 1.63. The van der Waals surface area contributed by atoms with Gasteiger partial charge >= 0.3 is 5.97 Å². The van der Waals surface area contributed by atoms with Crippen LogP contribution in [-0.4, -0.2) is 23.3 Å². The maximum Gasteiger partial charge on any atom is 0.342 e. The van der Waals surface area contributed by atoms with Crippen molar-refractivity contribution < 1.29 is 23.5 Å². The minimum Gasteiger partial charge on any atom is -0.488 e. The molecule has 1 aromatic heterocycles. The monoisotopic (exact) mass is 353 g/mol. The molecule has 132 valence electrons. The average Bonchev–Trinajstić information content (AvgIpc) is 3.20. The van der Waals surface area contributed by atoms with Crippen LogP contribution in [0.25, 0.3) is 0 Å². The van der Waals surface area contributed by atoms with Crippen molar-refractivity contribution in [2.75, 3.05) is 6.61 Å².